The number of nitrogens with zero attached hydrogens (tertiary/aromatic N) is 2. The summed E-state index contributed by atoms with van der Waals surface area (Å²) in [6.45, 7) is 0. The summed E-state index contributed by atoms with van der Waals surface area (Å²) in [4.78, 5) is 12.2. The molecule has 1 unspecified atom stereocenters. The van der Waals surface area contributed by atoms with Gasteiger partial charge in [-0.1, -0.05) is 24.3 Å². The maximum Gasteiger partial charge on any atom is 0.272 e. The van der Waals surface area contributed by atoms with Crippen LogP contribution in [0.25, 0.3) is 5.69 Å². The molecule has 0 saturated carbocycles. The van der Waals surface area contributed by atoms with Gasteiger partial charge in [-0.3, -0.25) is 4.79 Å². The zero-order valence-corrected chi connectivity index (χ0v) is 11.7. The van der Waals surface area contributed by atoms with E-state index < -0.39 is 0 Å². The van der Waals surface area contributed by atoms with Gasteiger partial charge in [-0.2, -0.15) is 5.10 Å². The monoisotopic (exact) mass is 282 g/mol. The first kappa shape index (κ1) is 13.4. The molecule has 3 N–H and O–H groups in total. The van der Waals surface area contributed by atoms with E-state index in [0.29, 0.717) is 11.4 Å². The molecule has 5 nitrogen and oxygen atoms in total. The van der Waals surface area contributed by atoms with E-state index in [4.69, 9.17) is 5.73 Å². The second-order valence-electron chi connectivity index (χ2n) is 5.16. The lowest BCUT2D eigenvalue weighted by Crippen LogP contribution is -2.35. The van der Waals surface area contributed by atoms with Crippen LogP contribution < -0.4 is 11.1 Å². The van der Waals surface area contributed by atoms with Crippen molar-refractivity contribution >= 4 is 11.6 Å². The zero-order chi connectivity index (χ0) is 14.7. The van der Waals surface area contributed by atoms with Gasteiger partial charge in [0.05, 0.1) is 11.4 Å². The molecule has 0 fully saturated rings. The van der Waals surface area contributed by atoms with Crippen molar-refractivity contribution in [3.05, 3.63) is 54.4 Å². The lowest BCUT2D eigenvalue weighted by atomic mass is 10.0. The van der Waals surface area contributed by atoms with Crippen molar-refractivity contribution in [1.82, 2.24) is 15.1 Å². The van der Waals surface area contributed by atoms with Gasteiger partial charge in [0, 0.05) is 12.2 Å². The summed E-state index contributed by atoms with van der Waals surface area (Å²) >= 11 is 0. The number of carbonyl (C=O) groups excluding carboxylic acids is 1. The van der Waals surface area contributed by atoms with Crippen LogP contribution in [0.2, 0.25) is 0 Å². The summed E-state index contributed by atoms with van der Waals surface area (Å²) in [5.41, 5.74) is 7.73. The number of amides is 1. The quantitative estimate of drug-likeness (QED) is 0.670. The number of rotatable bonds is 3. The van der Waals surface area contributed by atoms with E-state index in [-0.39, 0.29) is 11.9 Å². The van der Waals surface area contributed by atoms with Crippen LogP contribution in [-0.4, -0.2) is 21.7 Å². The number of hydrogen-bond donors (Lipinski definition) is 2. The third kappa shape index (κ3) is 2.97. The summed E-state index contributed by atoms with van der Waals surface area (Å²) < 4.78 is 1.63. The minimum atomic E-state index is -0.136. The van der Waals surface area contributed by atoms with Crippen LogP contribution >= 0.6 is 0 Å². The normalized spacial score (nSPS) is 17.6. The number of para-hydroxylation sites is 2. The average molecular weight is 282 g/mol. The Bertz CT molecular complexity index is 674. The molecule has 3 rings (SSSR count). The highest BCUT2D eigenvalue weighted by Crippen LogP contribution is 2.16. The largest absolute Gasteiger partial charge is 0.397 e. The Morgan fingerprint density at radius 3 is 2.90 bits per heavy atom. The number of carbonyl (C=O) groups is 1. The van der Waals surface area contributed by atoms with E-state index in [2.05, 4.69) is 22.6 Å². The molecule has 21 heavy (non-hydrogen) atoms. The highest BCUT2D eigenvalue weighted by molar-refractivity contribution is 5.92. The third-order valence-electron chi connectivity index (χ3n) is 3.61. The Hall–Kier alpha value is -2.56. The number of benzene rings is 1. The highest BCUT2D eigenvalue weighted by atomic mass is 16.2. The van der Waals surface area contributed by atoms with Gasteiger partial charge in [-0.05, 0) is 37.5 Å². The Morgan fingerprint density at radius 1 is 1.29 bits per heavy atom. The molecule has 0 saturated heterocycles. The van der Waals surface area contributed by atoms with Gasteiger partial charge in [0.15, 0.2) is 5.69 Å². The van der Waals surface area contributed by atoms with Gasteiger partial charge in [0.2, 0.25) is 0 Å². The minimum Gasteiger partial charge on any atom is -0.397 e. The lowest BCUT2D eigenvalue weighted by Gasteiger charge is -2.18. The smallest absolute Gasteiger partial charge is 0.272 e. The molecule has 1 aliphatic rings. The zero-order valence-electron chi connectivity index (χ0n) is 11.7. The fourth-order valence-electron chi connectivity index (χ4n) is 2.46. The Morgan fingerprint density at radius 2 is 2.14 bits per heavy atom. The molecule has 2 aromatic rings. The maximum atomic E-state index is 12.2. The summed E-state index contributed by atoms with van der Waals surface area (Å²) in [5, 5.41) is 7.33. The molecule has 0 bridgehead atoms. The highest BCUT2D eigenvalue weighted by Gasteiger charge is 2.16. The molecule has 0 radical (unpaired) electrons. The van der Waals surface area contributed by atoms with Gasteiger partial charge >= 0.3 is 0 Å². The van der Waals surface area contributed by atoms with Gasteiger partial charge < -0.3 is 11.1 Å². The van der Waals surface area contributed by atoms with Crippen molar-refractivity contribution in [3.8, 4) is 5.69 Å². The van der Waals surface area contributed by atoms with E-state index in [1.807, 2.05) is 24.3 Å². The van der Waals surface area contributed by atoms with Crippen LogP contribution in [0.1, 0.15) is 29.8 Å². The second kappa shape index (κ2) is 5.83. The van der Waals surface area contributed by atoms with Crippen molar-refractivity contribution in [2.75, 3.05) is 5.73 Å². The number of nitrogen functional groups attached to an aromatic ring is 1. The minimum absolute atomic E-state index is 0.136. The van der Waals surface area contributed by atoms with E-state index in [0.717, 1.165) is 24.9 Å². The van der Waals surface area contributed by atoms with Gasteiger partial charge in [-0.15, -0.1) is 0 Å². The summed E-state index contributed by atoms with van der Waals surface area (Å²) in [7, 11) is 0. The van der Waals surface area contributed by atoms with Crippen LogP contribution in [0.5, 0.6) is 0 Å². The molecule has 1 aliphatic carbocycles. The molecular weight excluding hydrogens is 264 g/mol. The SMILES string of the molecule is Nc1ccccc1-n1ccc(C(=O)NC2CC=CCC2)n1. The Kier molecular flexibility index (Phi) is 3.73. The Labute approximate surface area is 123 Å². The Balaban J connectivity index is 1.74. The standard InChI is InChI=1S/C16H18N4O/c17-13-8-4-5-9-15(13)20-11-10-14(19-20)16(21)18-12-6-2-1-3-7-12/h1-2,4-5,8-12H,3,6-7,17H2,(H,18,21). The first-order valence-corrected chi connectivity index (χ1v) is 7.10. The number of allylic oxidation sites excluding steroid dienone is 1. The van der Waals surface area contributed by atoms with Crippen LogP contribution in [0.4, 0.5) is 5.69 Å². The molecule has 1 aromatic heterocycles. The molecule has 1 aromatic carbocycles. The number of anilines is 1. The van der Waals surface area contributed by atoms with Crippen molar-refractivity contribution in [2.24, 2.45) is 0 Å². The number of aromatic nitrogens is 2. The van der Waals surface area contributed by atoms with Crippen molar-refractivity contribution < 1.29 is 4.79 Å². The van der Waals surface area contributed by atoms with Gasteiger partial charge in [-0.25, -0.2) is 4.68 Å². The van der Waals surface area contributed by atoms with Crippen LogP contribution in [0, 0.1) is 0 Å². The molecule has 108 valence electrons. The maximum absolute atomic E-state index is 12.2. The van der Waals surface area contributed by atoms with E-state index in [1.54, 1.807) is 16.9 Å². The topological polar surface area (TPSA) is 72.9 Å². The van der Waals surface area contributed by atoms with Crippen LogP contribution in [0.15, 0.2) is 48.7 Å². The predicted octanol–water partition coefficient (Wildman–Crippen LogP) is 2.29. The first-order chi connectivity index (χ1) is 10.2. The first-order valence-electron chi connectivity index (χ1n) is 7.10. The van der Waals surface area contributed by atoms with Crippen molar-refractivity contribution in [3.63, 3.8) is 0 Å². The molecule has 5 heteroatoms. The summed E-state index contributed by atoms with van der Waals surface area (Å²) in [5.74, 6) is -0.136. The second-order valence-corrected chi connectivity index (χ2v) is 5.16. The van der Waals surface area contributed by atoms with Gasteiger partial charge in [0.25, 0.3) is 5.91 Å². The molecule has 0 aliphatic heterocycles. The van der Waals surface area contributed by atoms with E-state index >= 15 is 0 Å². The van der Waals surface area contributed by atoms with Crippen LogP contribution in [-0.2, 0) is 0 Å². The van der Waals surface area contributed by atoms with E-state index in [9.17, 15) is 4.79 Å². The average Bonchev–Trinajstić information content (AvgIpc) is 2.98. The summed E-state index contributed by atoms with van der Waals surface area (Å²) in [6.07, 6.45) is 8.89. The molecular formula is C16H18N4O. The van der Waals surface area contributed by atoms with E-state index in [1.165, 1.54) is 0 Å². The molecule has 1 amide bonds. The summed E-state index contributed by atoms with van der Waals surface area (Å²) in [6, 6.07) is 9.35. The van der Waals surface area contributed by atoms with Crippen molar-refractivity contribution in [1.29, 1.82) is 0 Å². The number of hydrogen-bond acceptors (Lipinski definition) is 3. The third-order valence-corrected chi connectivity index (χ3v) is 3.61. The fourth-order valence-corrected chi connectivity index (χ4v) is 2.46. The molecule has 0 spiro atoms. The van der Waals surface area contributed by atoms with Crippen LogP contribution in [0.3, 0.4) is 0 Å². The lowest BCUT2D eigenvalue weighted by molar-refractivity contribution is 0.0929. The van der Waals surface area contributed by atoms with Gasteiger partial charge in [0.1, 0.15) is 0 Å². The number of nitrogens with one attached hydrogen (secondary N) is 1. The number of nitrogens with two attached hydrogens (primary N) is 1. The van der Waals surface area contributed by atoms with Crippen molar-refractivity contribution in [2.45, 2.75) is 25.3 Å². The predicted molar refractivity (Wildman–Crippen MR) is 82.2 cm³/mol. The molecule has 1 atom stereocenters. The fraction of sp³-hybridized carbons (Fsp3) is 0.250. The molecule has 1 heterocycles.